The van der Waals surface area contributed by atoms with E-state index in [4.69, 9.17) is 9.84 Å². The minimum Gasteiger partial charge on any atom is -0.480 e. The van der Waals surface area contributed by atoms with Crippen molar-refractivity contribution in [1.82, 2.24) is 10.2 Å². The van der Waals surface area contributed by atoms with E-state index in [0.717, 1.165) is 0 Å². The van der Waals surface area contributed by atoms with Gasteiger partial charge in [-0.05, 0) is 20.3 Å². The Balaban J connectivity index is 4.48. The highest BCUT2D eigenvalue weighted by Crippen LogP contribution is 2.02. The van der Waals surface area contributed by atoms with Crippen LogP contribution in [0.2, 0.25) is 0 Å². The van der Waals surface area contributed by atoms with Gasteiger partial charge in [-0.2, -0.15) is 0 Å². The van der Waals surface area contributed by atoms with Crippen molar-refractivity contribution in [3.05, 3.63) is 0 Å². The number of amides is 2. The fourth-order valence-corrected chi connectivity index (χ4v) is 1.56. The van der Waals surface area contributed by atoms with Crippen molar-refractivity contribution in [2.45, 2.75) is 39.3 Å². The Labute approximate surface area is 102 Å². The van der Waals surface area contributed by atoms with E-state index in [-0.39, 0.29) is 12.1 Å². The Morgan fingerprint density at radius 2 is 2.00 bits per heavy atom. The van der Waals surface area contributed by atoms with E-state index in [0.29, 0.717) is 19.6 Å². The summed E-state index contributed by atoms with van der Waals surface area (Å²) in [6, 6.07) is -1.30. The number of hydrogen-bond acceptors (Lipinski definition) is 3. The molecule has 6 heteroatoms. The van der Waals surface area contributed by atoms with E-state index in [9.17, 15) is 9.59 Å². The van der Waals surface area contributed by atoms with Crippen molar-refractivity contribution in [2.24, 2.45) is 0 Å². The topological polar surface area (TPSA) is 78.9 Å². The van der Waals surface area contributed by atoms with E-state index in [1.807, 2.05) is 13.8 Å². The third-order valence-electron chi connectivity index (χ3n) is 2.55. The zero-order chi connectivity index (χ0) is 13.4. The number of aliphatic carboxylic acids is 1. The summed E-state index contributed by atoms with van der Waals surface area (Å²) in [4.78, 5) is 24.2. The summed E-state index contributed by atoms with van der Waals surface area (Å²) in [5.74, 6) is -1.02. The molecule has 0 aromatic heterocycles. The second-order valence-electron chi connectivity index (χ2n) is 3.84. The minimum absolute atomic E-state index is 0.0868. The number of carbonyl (C=O) groups excluding carboxylic acids is 1. The molecule has 1 unspecified atom stereocenters. The maximum atomic E-state index is 11.9. The summed E-state index contributed by atoms with van der Waals surface area (Å²) in [7, 11) is 1.56. The third kappa shape index (κ3) is 5.04. The molecule has 0 aliphatic rings. The van der Waals surface area contributed by atoms with Gasteiger partial charge in [-0.1, -0.05) is 6.92 Å². The first-order valence-electron chi connectivity index (χ1n) is 5.76. The molecule has 0 bridgehead atoms. The fraction of sp³-hybridized carbons (Fsp3) is 0.818. The highest BCUT2D eigenvalue weighted by Gasteiger charge is 2.23. The number of ether oxygens (including phenoxy) is 1. The summed E-state index contributed by atoms with van der Waals surface area (Å²) >= 11 is 0. The van der Waals surface area contributed by atoms with Crippen LogP contribution in [-0.2, 0) is 9.53 Å². The molecule has 100 valence electrons. The Hall–Kier alpha value is -1.30. The van der Waals surface area contributed by atoms with Gasteiger partial charge in [-0.3, -0.25) is 0 Å². The minimum atomic E-state index is -1.02. The second-order valence-corrected chi connectivity index (χ2v) is 3.84. The lowest BCUT2D eigenvalue weighted by Crippen LogP contribution is -2.51. The summed E-state index contributed by atoms with van der Waals surface area (Å²) in [6.07, 6.45) is 0.358. The smallest absolute Gasteiger partial charge is 0.326 e. The van der Waals surface area contributed by atoms with E-state index >= 15 is 0 Å². The number of carboxylic acid groups (broad SMARTS) is 1. The van der Waals surface area contributed by atoms with Crippen molar-refractivity contribution in [3.63, 3.8) is 0 Å². The van der Waals surface area contributed by atoms with E-state index in [1.165, 1.54) is 0 Å². The van der Waals surface area contributed by atoms with Crippen molar-refractivity contribution in [3.8, 4) is 0 Å². The zero-order valence-electron chi connectivity index (χ0n) is 10.9. The molecule has 0 aromatic rings. The van der Waals surface area contributed by atoms with Crippen LogP contribution in [0.5, 0.6) is 0 Å². The molecule has 0 aliphatic heterocycles. The number of rotatable bonds is 7. The van der Waals surface area contributed by atoms with Crippen LogP contribution in [0, 0.1) is 0 Å². The first kappa shape index (κ1) is 15.7. The lowest BCUT2D eigenvalue weighted by molar-refractivity contribution is -0.139. The SMILES string of the molecule is CC[C@@H](NC(=O)N(CC)C(C)COC)C(=O)O. The van der Waals surface area contributed by atoms with Crippen LogP contribution >= 0.6 is 0 Å². The maximum absolute atomic E-state index is 11.9. The molecule has 2 N–H and O–H groups in total. The van der Waals surface area contributed by atoms with Crippen LogP contribution in [0.1, 0.15) is 27.2 Å². The van der Waals surface area contributed by atoms with Crippen LogP contribution in [0.3, 0.4) is 0 Å². The lowest BCUT2D eigenvalue weighted by Gasteiger charge is -2.28. The van der Waals surface area contributed by atoms with Crippen LogP contribution in [-0.4, -0.2) is 54.4 Å². The van der Waals surface area contributed by atoms with Crippen molar-refractivity contribution in [1.29, 1.82) is 0 Å². The Bertz CT molecular complexity index is 258. The molecular formula is C11H22N2O4. The highest BCUT2D eigenvalue weighted by atomic mass is 16.5. The van der Waals surface area contributed by atoms with Gasteiger partial charge in [0.25, 0.3) is 0 Å². The molecule has 0 heterocycles. The summed E-state index contributed by atoms with van der Waals surface area (Å²) in [6.45, 7) is 6.34. The number of urea groups is 1. The van der Waals surface area contributed by atoms with Gasteiger partial charge >= 0.3 is 12.0 Å². The van der Waals surface area contributed by atoms with Gasteiger partial charge in [0.2, 0.25) is 0 Å². The average molecular weight is 246 g/mol. The largest absolute Gasteiger partial charge is 0.480 e. The monoisotopic (exact) mass is 246 g/mol. The van der Waals surface area contributed by atoms with Gasteiger partial charge in [0.1, 0.15) is 6.04 Å². The summed E-state index contributed by atoms with van der Waals surface area (Å²) in [5.41, 5.74) is 0. The van der Waals surface area contributed by atoms with Gasteiger partial charge in [0.15, 0.2) is 0 Å². The molecule has 2 amide bonds. The van der Waals surface area contributed by atoms with Gasteiger partial charge < -0.3 is 20.1 Å². The maximum Gasteiger partial charge on any atom is 0.326 e. The number of carbonyl (C=O) groups is 2. The van der Waals surface area contributed by atoms with Crippen molar-refractivity contribution >= 4 is 12.0 Å². The van der Waals surface area contributed by atoms with E-state index in [1.54, 1.807) is 18.9 Å². The van der Waals surface area contributed by atoms with Gasteiger partial charge in [-0.25, -0.2) is 9.59 Å². The number of nitrogens with one attached hydrogen (secondary N) is 1. The fourth-order valence-electron chi connectivity index (χ4n) is 1.56. The second kappa shape index (κ2) is 7.89. The predicted octanol–water partition coefficient (Wildman–Crippen LogP) is 0.916. The van der Waals surface area contributed by atoms with Crippen LogP contribution in [0.4, 0.5) is 4.79 Å². The normalized spacial score (nSPS) is 13.9. The van der Waals surface area contributed by atoms with Crippen LogP contribution in [0.15, 0.2) is 0 Å². The summed E-state index contributed by atoms with van der Waals surface area (Å²) in [5, 5.41) is 11.3. The Kier molecular flexibility index (Phi) is 7.29. The average Bonchev–Trinajstić information content (AvgIpc) is 2.26. The van der Waals surface area contributed by atoms with E-state index < -0.39 is 12.0 Å². The van der Waals surface area contributed by atoms with Gasteiger partial charge in [-0.15, -0.1) is 0 Å². The van der Waals surface area contributed by atoms with Crippen molar-refractivity contribution < 1.29 is 19.4 Å². The standard InChI is InChI=1S/C11H22N2O4/c1-5-9(10(14)15)12-11(16)13(6-2)8(3)7-17-4/h8-9H,5-7H2,1-4H3,(H,12,16)(H,14,15)/t8?,9-/m1/s1. The molecule has 0 aromatic carbocycles. The zero-order valence-corrected chi connectivity index (χ0v) is 10.9. The molecule has 2 atom stereocenters. The third-order valence-corrected chi connectivity index (χ3v) is 2.55. The number of carboxylic acids is 1. The molecular weight excluding hydrogens is 224 g/mol. The van der Waals surface area contributed by atoms with Crippen LogP contribution < -0.4 is 5.32 Å². The number of hydrogen-bond donors (Lipinski definition) is 2. The highest BCUT2D eigenvalue weighted by molar-refractivity contribution is 5.82. The number of nitrogens with zero attached hydrogens (tertiary/aromatic N) is 1. The molecule has 0 fully saturated rings. The quantitative estimate of drug-likeness (QED) is 0.700. The molecule has 0 spiro atoms. The van der Waals surface area contributed by atoms with Crippen LogP contribution in [0.25, 0.3) is 0 Å². The predicted molar refractivity (Wildman–Crippen MR) is 64.0 cm³/mol. The molecule has 0 saturated heterocycles. The molecule has 0 rings (SSSR count). The molecule has 0 saturated carbocycles. The molecule has 0 radical (unpaired) electrons. The number of likely N-dealkylation sites (N-methyl/N-ethyl adjacent to an activating group) is 1. The molecule has 0 aliphatic carbocycles. The summed E-state index contributed by atoms with van der Waals surface area (Å²) < 4.78 is 4.98. The van der Waals surface area contributed by atoms with E-state index in [2.05, 4.69) is 5.32 Å². The lowest BCUT2D eigenvalue weighted by atomic mass is 10.2. The first-order valence-corrected chi connectivity index (χ1v) is 5.76. The Morgan fingerprint density at radius 1 is 1.41 bits per heavy atom. The number of methoxy groups -OCH3 is 1. The first-order chi connectivity index (χ1) is 7.97. The molecule has 17 heavy (non-hydrogen) atoms. The van der Waals surface area contributed by atoms with Gasteiger partial charge in [0, 0.05) is 13.7 Å². The van der Waals surface area contributed by atoms with Crippen molar-refractivity contribution in [2.75, 3.05) is 20.3 Å². The van der Waals surface area contributed by atoms with Gasteiger partial charge in [0.05, 0.1) is 12.6 Å². The molecule has 6 nitrogen and oxygen atoms in total. The Morgan fingerprint density at radius 3 is 2.35 bits per heavy atom.